The van der Waals surface area contributed by atoms with E-state index in [4.69, 9.17) is 9.47 Å². The molecule has 0 bridgehead atoms. The molecule has 0 N–H and O–H groups in total. The summed E-state index contributed by atoms with van der Waals surface area (Å²) in [4.78, 5) is 22.4. The van der Waals surface area contributed by atoms with E-state index in [0.29, 0.717) is 11.5 Å². The molecular formula is C12H12O4. The molecule has 1 spiro atoms. The lowest BCUT2D eigenvalue weighted by atomic mass is 9.94. The van der Waals surface area contributed by atoms with Gasteiger partial charge < -0.3 is 9.47 Å². The Morgan fingerprint density at radius 3 is 1.88 bits per heavy atom. The van der Waals surface area contributed by atoms with E-state index in [9.17, 15) is 9.59 Å². The molecule has 0 radical (unpaired) electrons. The monoisotopic (exact) mass is 220 g/mol. The van der Waals surface area contributed by atoms with E-state index in [2.05, 4.69) is 0 Å². The molecule has 3 aliphatic rings. The van der Waals surface area contributed by atoms with Crippen molar-refractivity contribution in [1.29, 1.82) is 0 Å². The summed E-state index contributed by atoms with van der Waals surface area (Å²) in [5.74, 6) is -0.829. The minimum atomic E-state index is -0.610. The van der Waals surface area contributed by atoms with E-state index in [1.165, 1.54) is 18.6 Å². The van der Waals surface area contributed by atoms with Crippen LogP contribution in [0.25, 0.3) is 0 Å². The summed E-state index contributed by atoms with van der Waals surface area (Å²) in [6.07, 6.45) is 7.42. The van der Waals surface area contributed by atoms with Gasteiger partial charge in [0.25, 0.3) is 5.79 Å². The third-order valence-corrected chi connectivity index (χ3v) is 3.22. The summed E-state index contributed by atoms with van der Waals surface area (Å²) in [6, 6.07) is 0. The number of hydrogen-bond donors (Lipinski definition) is 0. The van der Waals surface area contributed by atoms with Gasteiger partial charge in [0.2, 0.25) is 11.6 Å². The number of hydrogen-bond acceptors (Lipinski definition) is 4. The Balaban J connectivity index is 1.91. The van der Waals surface area contributed by atoms with Crippen LogP contribution in [-0.2, 0) is 19.1 Å². The molecule has 0 atom stereocenters. The van der Waals surface area contributed by atoms with Gasteiger partial charge in [0.05, 0.1) is 0 Å². The second-order valence-electron chi connectivity index (χ2n) is 4.42. The summed E-state index contributed by atoms with van der Waals surface area (Å²) in [5, 5.41) is 0. The lowest BCUT2D eigenvalue weighted by Crippen LogP contribution is -2.31. The zero-order valence-corrected chi connectivity index (χ0v) is 8.82. The topological polar surface area (TPSA) is 52.6 Å². The molecule has 1 heterocycles. The molecule has 0 aromatic heterocycles. The maximum Gasteiger partial charge on any atom is 0.251 e. The van der Waals surface area contributed by atoms with Crippen LogP contribution in [0.4, 0.5) is 0 Å². The van der Waals surface area contributed by atoms with E-state index in [1.807, 2.05) is 0 Å². The third-order valence-electron chi connectivity index (χ3n) is 3.22. The normalized spacial score (nSPS) is 26.8. The molecule has 1 saturated carbocycles. The van der Waals surface area contributed by atoms with E-state index >= 15 is 0 Å². The molecule has 4 heteroatoms. The Hall–Kier alpha value is -1.58. The fourth-order valence-corrected chi connectivity index (χ4v) is 2.40. The van der Waals surface area contributed by atoms with Gasteiger partial charge in [-0.3, -0.25) is 9.59 Å². The molecule has 3 rings (SSSR count). The average molecular weight is 220 g/mol. The van der Waals surface area contributed by atoms with Crippen molar-refractivity contribution in [3.8, 4) is 0 Å². The van der Waals surface area contributed by atoms with Gasteiger partial charge in [-0.05, 0) is 12.8 Å². The van der Waals surface area contributed by atoms with Crippen molar-refractivity contribution in [2.24, 2.45) is 0 Å². The predicted octanol–water partition coefficient (Wildman–Crippen LogP) is 1.61. The largest absolute Gasteiger partial charge is 0.448 e. The van der Waals surface area contributed by atoms with Crippen molar-refractivity contribution >= 4 is 11.6 Å². The predicted molar refractivity (Wildman–Crippen MR) is 54.2 cm³/mol. The lowest BCUT2D eigenvalue weighted by Gasteiger charge is -2.30. The van der Waals surface area contributed by atoms with Crippen molar-refractivity contribution in [2.75, 3.05) is 0 Å². The van der Waals surface area contributed by atoms with Crippen LogP contribution >= 0.6 is 0 Å². The van der Waals surface area contributed by atoms with Crippen LogP contribution in [0.5, 0.6) is 0 Å². The fraction of sp³-hybridized carbons (Fsp3) is 0.500. The SMILES string of the molecule is O=C1C=C2OC3(CCCCC3)OC2=CC1=O. The molecule has 16 heavy (non-hydrogen) atoms. The molecule has 0 unspecified atom stereocenters. The van der Waals surface area contributed by atoms with Gasteiger partial charge in [0.1, 0.15) is 0 Å². The average Bonchev–Trinajstić information content (AvgIpc) is 2.57. The summed E-state index contributed by atoms with van der Waals surface area (Å²) in [7, 11) is 0. The van der Waals surface area contributed by atoms with Crippen molar-refractivity contribution in [1.82, 2.24) is 0 Å². The molecule has 1 saturated heterocycles. The molecule has 2 aliphatic carbocycles. The summed E-state index contributed by atoms with van der Waals surface area (Å²) >= 11 is 0. The molecule has 1 aliphatic heterocycles. The van der Waals surface area contributed by atoms with Crippen LogP contribution in [0.3, 0.4) is 0 Å². The summed E-state index contributed by atoms with van der Waals surface area (Å²) < 4.78 is 11.4. The van der Waals surface area contributed by atoms with Crippen molar-refractivity contribution in [3.63, 3.8) is 0 Å². The van der Waals surface area contributed by atoms with E-state index in [1.54, 1.807) is 0 Å². The highest BCUT2D eigenvalue weighted by Crippen LogP contribution is 2.44. The summed E-state index contributed by atoms with van der Waals surface area (Å²) in [5.41, 5.74) is 0. The van der Waals surface area contributed by atoms with E-state index in [-0.39, 0.29) is 0 Å². The summed E-state index contributed by atoms with van der Waals surface area (Å²) in [6.45, 7) is 0. The van der Waals surface area contributed by atoms with E-state index < -0.39 is 17.4 Å². The Morgan fingerprint density at radius 2 is 1.38 bits per heavy atom. The van der Waals surface area contributed by atoms with Crippen molar-refractivity contribution in [3.05, 3.63) is 23.7 Å². The highest BCUT2D eigenvalue weighted by molar-refractivity contribution is 6.46. The maximum atomic E-state index is 11.2. The number of allylic oxidation sites excluding steroid dienone is 2. The third kappa shape index (κ3) is 1.37. The Morgan fingerprint density at radius 1 is 0.875 bits per heavy atom. The van der Waals surface area contributed by atoms with Crippen molar-refractivity contribution in [2.45, 2.75) is 37.9 Å². The zero-order valence-electron chi connectivity index (χ0n) is 8.82. The number of carbonyl (C=O) groups excluding carboxylic acids is 2. The Bertz CT molecular complexity index is 390. The maximum absolute atomic E-state index is 11.2. The number of ketones is 2. The van der Waals surface area contributed by atoms with Gasteiger partial charge in [0, 0.05) is 25.0 Å². The van der Waals surface area contributed by atoms with Crippen LogP contribution < -0.4 is 0 Å². The van der Waals surface area contributed by atoms with Gasteiger partial charge in [0.15, 0.2) is 11.5 Å². The van der Waals surface area contributed by atoms with Gasteiger partial charge in [-0.15, -0.1) is 0 Å². The first kappa shape index (κ1) is 9.63. The van der Waals surface area contributed by atoms with Gasteiger partial charge in [-0.1, -0.05) is 6.42 Å². The molecular weight excluding hydrogens is 208 g/mol. The van der Waals surface area contributed by atoms with Crippen LogP contribution in [0.1, 0.15) is 32.1 Å². The van der Waals surface area contributed by atoms with Crippen LogP contribution in [0, 0.1) is 0 Å². The quantitative estimate of drug-likeness (QED) is 0.459. The van der Waals surface area contributed by atoms with Crippen LogP contribution in [0.15, 0.2) is 23.7 Å². The minimum absolute atomic E-state index is 0.423. The van der Waals surface area contributed by atoms with Gasteiger partial charge >= 0.3 is 0 Å². The first-order valence-electron chi connectivity index (χ1n) is 5.59. The first-order valence-corrected chi connectivity index (χ1v) is 5.59. The minimum Gasteiger partial charge on any atom is -0.448 e. The van der Waals surface area contributed by atoms with Gasteiger partial charge in [-0.2, -0.15) is 0 Å². The number of ether oxygens (including phenoxy) is 2. The molecule has 84 valence electrons. The second kappa shape index (κ2) is 3.20. The number of carbonyl (C=O) groups is 2. The second-order valence-corrected chi connectivity index (χ2v) is 4.42. The highest BCUT2D eigenvalue weighted by Gasteiger charge is 2.45. The highest BCUT2D eigenvalue weighted by atomic mass is 16.7. The number of rotatable bonds is 0. The lowest BCUT2D eigenvalue weighted by molar-refractivity contribution is -0.158. The zero-order chi connectivity index (χ0) is 11.2. The fourth-order valence-electron chi connectivity index (χ4n) is 2.40. The van der Waals surface area contributed by atoms with Crippen LogP contribution in [0.2, 0.25) is 0 Å². The molecule has 0 aromatic carbocycles. The Kier molecular flexibility index (Phi) is 1.93. The Labute approximate surface area is 92.9 Å². The van der Waals surface area contributed by atoms with Crippen molar-refractivity contribution < 1.29 is 19.1 Å². The first-order chi connectivity index (χ1) is 7.69. The molecule has 0 aromatic rings. The number of fused-ring (bicyclic) bond motifs is 1. The van der Waals surface area contributed by atoms with Gasteiger partial charge in [-0.25, -0.2) is 0 Å². The van der Waals surface area contributed by atoms with Crippen LogP contribution in [-0.4, -0.2) is 17.4 Å². The van der Waals surface area contributed by atoms with E-state index in [0.717, 1.165) is 25.7 Å². The standard InChI is InChI=1S/C12H12O4/c13-8-6-10-11(7-9(8)14)16-12(15-10)4-2-1-3-5-12/h6-7H,1-5H2. The molecule has 4 nitrogen and oxygen atoms in total. The molecule has 2 fully saturated rings. The smallest absolute Gasteiger partial charge is 0.251 e. The molecule has 0 amide bonds.